The highest BCUT2D eigenvalue weighted by Crippen LogP contribution is 2.29. The molecule has 0 atom stereocenters. The number of carbonyl (C=O) groups is 1. The molecule has 0 amide bonds. The van der Waals surface area contributed by atoms with E-state index in [2.05, 4.69) is 46.7 Å². The lowest BCUT2D eigenvalue weighted by Gasteiger charge is -2.32. The third kappa shape index (κ3) is 3.60. The lowest BCUT2D eigenvalue weighted by Crippen LogP contribution is -2.33. The van der Waals surface area contributed by atoms with E-state index in [0.717, 1.165) is 43.0 Å². The first-order valence-corrected chi connectivity index (χ1v) is 9.65. The fraction of sp³-hybridized carbons (Fsp3) is 0.364. The van der Waals surface area contributed by atoms with Gasteiger partial charge in [-0.2, -0.15) is 0 Å². The fourth-order valence-corrected chi connectivity index (χ4v) is 4.14. The average molecular weight is 363 g/mol. The average Bonchev–Trinajstić information content (AvgIpc) is 3.05. The van der Waals surface area contributed by atoms with Crippen LogP contribution in [0.3, 0.4) is 0 Å². The maximum atomic E-state index is 11.2. The molecule has 0 unspecified atom stereocenters. The summed E-state index contributed by atoms with van der Waals surface area (Å²) in [5.41, 5.74) is 3.51. The number of carboxylic acids is 1. The van der Waals surface area contributed by atoms with Gasteiger partial charge in [0.2, 0.25) is 0 Å². The number of aromatic carboxylic acids is 1. The quantitative estimate of drug-likeness (QED) is 0.740. The van der Waals surface area contributed by atoms with E-state index in [4.69, 9.17) is 4.98 Å². The van der Waals surface area contributed by atoms with E-state index in [0.29, 0.717) is 11.5 Å². The van der Waals surface area contributed by atoms with E-state index >= 15 is 0 Å². The monoisotopic (exact) mass is 363 g/mol. The Kier molecular flexibility index (Phi) is 4.94. The summed E-state index contributed by atoms with van der Waals surface area (Å²) in [5, 5.41) is 9.21. The number of imidazole rings is 1. The van der Waals surface area contributed by atoms with E-state index in [1.54, 1.807) is 12.1 Å². The highest BCUT2D eigenvalue weighted by atomic mass is 16.4. The lowest BCUT2D eigenvalue weighted by atomic mass is 9.89. The molecule has 5 nitrogen and oxygen atoms in total. The summed E-state index contributed by atoms with van der Waals surface area (Å²) in [4.78, 5) is 18.4. The highest BCUT2D eigenvalue weighted by molar-refractivity contribution is 5.92. The van der Waals surface area contributed by atoms with E-state index in [9.17, 15) is 9.90 Å². The van der Waals surface area contributed by atoms with Gasteiger partial charge in [0.05, 0.1) is 23.1 Å². The van der Waals surface area contributed by atoms with Gasteiger partial charge in [0, 0.05) is 6.54 Å². The molecular formula is C22H25N3O2. The number of likely N-dealkylation sites (tertiary alicyclic amines) is 1. The molecule has 0 saturated carbocycles. The number of carboxylic acid groups (broad SMARTS) is 1. The molecule has 0 radical (unpaired) electrons. The van der Waals surface area contributed by atoms with Crippen LogP contribution in [-0.2, 0) is 13.1 Å². The summed E-state index contributed by atoms with van der Waals surface area (Å²) < 4.78 is 2.20. The summed E-state index contributed by atoms with van der Waals surface area (Å²) in [5.74, 6) is 0.756. The Morgan fingerprint density at radius 3 is 2.56 bits per heavy atom. The van der Waals surface area contributed by atoms with Crippen LogP contribution in [0.4, 0.5) is 0 Å². The van der Waals surface area contributed by atoms with Gasteiger partial charge < -0.3 is 9.67 Å². The van der Waals surface area contributed by atoms with Crippen molar-refractivity contribution in [2.75, 3.05) is 13.1 Å². The second kappa shape index (κ2) is 7.53. The van der Waals surface area contributed by atoms with Crippen LogP contribution in [0.15, 0.2) is 48.5 Å². The first kappa shape index (κ1) is 17.7. The minimum Gasteiger partial charge on any atom is -0.478 e. The second-order valence-corrected chi connectivity index (χ2v) is 7.24. The van der Waals surface area contributed by atoms with Crippen LogP contribution in [0.1, 0.15) is 47.4 Å². The summed E-state index contributed by atoms with van der Waals surface area (Å²) in [7, 11) is 0. The zero-order chi connectivity index (χ0) is 18.8. The Balaban J connectivity index is 1.49. The summed E-state index contributed by atoms with van der Waals surface area (Å²) >= 11 is 0. The number of hydrogen-bond donors (Lipinski definition) is 1. The van der Waals surface area contributed by atoms with Gasteiger partial charge >= 0.3 is 5.97 Å². The smallest absolute Gasteiger partial charge is 0.335 e. The van der Waals surface area contributed by atoms with E-state index < -0.39 is 5.97 Å². The Bertz CT molecular complexity index is 941. The van der Waals surface area contributed by atoms with Crippen LogP contribution < -0.4 is 0 Å². The zero-order valence-corrected chi connectivity index (χ0v) is 15.6. The maximum Gasteiger partial charge on any atom is 0.335 e. The molecule has 0 bridgehead atoms. The van der Waals surface area contributed by atoms with Crippen molar-refractivity contribution >= 4 is 17.0 Å². The predicted molar refractivity (Wildman–Crippen MR) is 106 cm³/mol. The van der Waals surface area contributed by atoms with Crippen LogP contribution in [0.25, 0.3) is 11.0 Å². The molecule has 1 saturated heterocycles. The summed E-state index contributed by atoms with van der Waals surface area (Å²) in [6.45, 7) is 5.88. The van der Waals surface area contributed by atoms with Crippen molar-refractivity contribution in [3.8, 4) is 0 Å². The largest absolute Gasteiger partial charge is 0.478 e. The number of benzene rings is 2. The minimum atomic E-state index is -0.910. The molecule has 1 N–H and O–H groups in total. The first-order chi connectivity index (χ1) is 13.2. The number of fused-ring (bicyclic) bond motifs is 1. The zero-order valence-electron chi connectivity index (χ0n) is 15.6. The van der Waals surface area contributed by atoms with Crippen molar-refractivity contribution < 1.29 is 9.90 Å². The Hall–Kier alpha value is -2.66. The molecule has 1 aliphatic rings. The number of aromatic nitrogens is 2. The van der Waals surface area contributed by atoms with Crippen LogP contribution in [0.5, 0.6) is 0 Å². The van der Waals surface area contributed by atoms with Crippen molar-refractivity contribution in [2.24, 2.45) is 0 Å². The number of hydrogen-bond acceptors (Lipinski definition) is 3. The van der Waals surface area contributed by atoms with Gasteiger partial charge in [0.25, 0.3) is 0 Å². The van der Waals surface area contributed by atoms with Crippen LogP contribution in [0.2, 0.25) is 0 Å². The topological polar surface area (TPSA) is 58.4 Å². The molecule has 0 aliphatic carbocycles. The highest BCUT2D eigenvalue weighted by Gasteiger charge is 2.22. The predicted octanol–water partition coefficient (Wildman–Crippen LogP) is 4.13. The molecule has 27 heavy (non-hydrogen) atoms. The molecule has 4 rings (SSSR count). The van der Waals surface area contributed by atoms with Gasteiger partial charge in [-0.3, -0.25) is 4.90 Å². The summed E-state index contributed by atoms with van der Waals surface area (Å²) in [6, 6.07) is 16.0. The van der Waals surface area contributed by atoms with Crippen molar-refractivity contribution in [2.45, 2.75) is 38.8 Å². The maximum absolute atomic E-state index is 11.2. The molecule has 1 aromatic heterocycles. The molecule has 3 aromatic rings. The Morgan fingerprint density at radius 1 is 1.15 bits per heavy atom. The van der Waals surface area contributed by atoms with Gasteiger partial charge in [0.1, 0.15) is 5.82 Å². The van der Waals surface area contributed by atoms with Crippen LogP contribution >= 0.6 is 0 Å². The van der Waals surface area contributed by atoms with Crippen molar-refractivity contribution in [1.29, 1.82) is 0 Å². The van der Waals surface area contributed by atoms with Gasteiger partial charge in [-0.15, -0.1) is 0 Å². The molecule has 1 aliphatic heterocycles. The van der Waals surface area contributed by atoms with Crippen LogP contribution in [-0.4, -0.2) is 38.6 Å². The molecule has 2 heterocycles. The van der Waals surface area contributed by atoms with Gasteiger partial charge in [-0.1, -0.05) is 30.3 Å². The third-order valence-electron chi connectivity index (χ3n) is 5.61. The molecule has 5 heteroatoms. The SMILES string of the molecule is CCn1c(CN2CCC(c3ccccc3)CC2)nc2cc(C(=O)O)ccc21. The molecule has 140 valence electrons. The van der Waals surface area contributed by atoms with E-state index in [1.165, 1.54) is 18.4 Å². The third-order valence-corrected chi connectivity index (χ3v) is 5.61. The van der Waals surface area contributed by atoms with Crippen molar-refractivity contribution in [3.63, 3.8) is 0 Å². The Morgan fingerprint density at radius 2 is 1.89 bits per heavy atom. The van der Waals surface area contributed by atoms with Gasteiger partial charge in [-0.05, 0) is 62.5 Å². The summed E-state index contributed by atoms with van der Waals surface area (Å²) in [6.07, 6.45) is 2.33. The van der Waals surface area contributed by atoms with Gasteiger partial charge in [-0.25, -0.2) is 9.78 Å². The first-order valence-electron chi connectivity index (χ1n) is 9.65. The fourth-order valence-electron chi connectivity index (χ4n) is 4.14. The van der Waals surface area contributed by atoms with Crippen molar-refractivity contribution in [3.05, 3.63) is 65.5 Å². The minimum absolute atomic E-state index is 0.290. The molecule has 0 spiro atoms. The standard InChI is InChI=1S/C22H25N3O2/c1-2-25-20-9-8-18(22(26)27)14-19(20)23-21(25)15-24-12-10-17(11-13-24)16-6-4-3-5-7-16/h3-9,14,17H,2,10-13,15H2,1H3,(H,26,27). The Labute approximate surface area is 159 Å². The molecular weight excluding hydrogens is 338 g/mol. The molecule has 1 fully saturated rings. The second-order valence-electron chi connectivity index (χ2n) is 7.24. The number of rotatable bonds is 5. The number of nitrogens with zero attached hydrogens (tertiary/aromatic N) is 3. The number of aryl methyl sites for hydroxylation is 1. The van der Waals surface area contributed by atoms with Crippen molar-refractivity contribution in [1.82, 2.24) is 14.5 Å². The number of piperidine rings is 1. The van der Waals surface area contributed by atoms with Crippen LogP contribution in [0, 0.1) is 0 Å². The normalized spacial score (nSPS) is 16.0. The van der Waals surface area contributed by atoms with Gasteiger partial charge in [0.15, 0.2) is 0 Å². The van der Waals surface area contributed by atoms with E-state index in [-0.39, 0.29) is 0 Å². The van der Waals surface area contributed by atoms with E-state index in [1.807, 2.05) is 6.07 Å². The lowest BCUT2D eigenvalue weighted by molar-refractivity contribution is 0.0697. The molecule has 2 aromatic carbocycles.